The maximum Gasteiger partial charge on any atom is -0.0273 e. The summed E-state index contributed by atoms with van der Waals surface area (Å²) in [5, 5.41) is 0. The molecule has 0 aliphatic heterocycles. The van der Waals surface area contributed by atoms with Crippen LogP contribution < -0.4 is 0 Å². The number of aryl methyl sites for hydroxylation is 4. The monoisotopic (exact) mass is 284 g/mol. The molecule has 0 bridgehead atoms. The lowest BCUT2D eigenvalue weighted by atomic mass is 9.85. The average molecular weight is 284 g/mol. The molecule has 2 aliphatic carbocycles. The van der Waals surface area contributed by atoms with Crippen molar-refractivity contribution in [1.29, 1.82) is 0 Å². The van der Waals surface area contributed by atoms with Gasteiger partial charge in [-0.15, -0.1) is 0 Å². The second-order valence-corrected chi connectivity index (χ2v) is 7.66. The van der Waals surface area contributed by atoms with Crippen molar-refractivity contribution in [2.75, 3.05) is 0 Å². The second-order valence-electron chi connectivity index (χ2n) is 7.66. The zero-order valence-electron chi connectivity index (χ0n) is 14.1. The van der Waals surface area contributed by atoms with E-state index >= 15 is 0 Å². The molecule has 2 aliphatic rings. The Morgan fingerprint density at radius 2 is 1.38 bits per heavy atom. The van der Waals surface area contributed by atoms with Gasteiger partial charge in [0, 0.05) is 0 Å². The SMILES string of the molecule is CCCC1CCc2cc3c(cc2CC1)CCC(C)CCC3. The van der Waals surface area contributed by atoms with Crippen molar-refractivity contribution >= 4 is 0 Å². The molecule has 0 nitrogen and oxygen atoms in total. The number of hydrogen-bond acceptors (Lipinski definition) is 0. The van der Waals surface area contributed by atoms with Gasteiger partial charge < -0.3 is 0 Å². The zero-order valence-corrected chi connectivity index (χ0v) is 14.1. The predicted molar refractivity (Wildman–Crippen MR) is 91.9 cm³/mol. The van der Waals surface area contributed by atoms with E-state index in [0.29, 0.717) is 0 Å². The third-order valence-corrected chi connectivity index (χ3v) is 5.91. The zero-order chi connectivity index (χ0) is 14.7. The van der Waals surface area contributed by atoms with Gasteiger partial charge in [-0.1, -0.05) is 45.2 Å². The fourth-order valence-corrected chi connectivity index (χ4v) is 4.47. The van der Waals surface area contributed by atoms with Crippen LogP contribution in [0.4, 0.5) is 0 Å². The van der Waals surface area contributed by atoms with Gasteiger partial charge in [-0.2, -0.15) is 0 Å². The van der Waals surface area contributed by atoms with Gasteiger partial charge >= 0.3 is 0 Å². The van der Waals surface area contributed by atoms with Gasteiger partial charge in [-0.3, -0.25) is 0 Å². The first kappa shape index (κ1) is 15.1. The fourth-order valence-electron chi connectivity index (χ4n) is 4.47. The van der Waals surface area contributed by atoms with E-state index in [1.807, 2.05) is 0 Å². The minimum atomic E-state index is 0.922. The van der Waals surface area contributed by atoms with Gasteiger partial charge in [-0.25, -0.2) is 0 Å². The summed E-state index contributed by atoms with van der Waals surface area (Å²) in [6.07, 6.45) is 15.2. The number of rotatable bonds is 2. The molecule has 21 heavy (non-hydrogen) atoms. The van der Waals surface area contributed by atoms with Crippen LogP contribution in [-0.2, 0) is 25.7 Å². The van der Waals surface area contributed by atoms with Gasteiger partial charge in [0.25, 0.3) is 0 Å². The maximum atomic E-state index is 2.61. The van der Waals surface area contributed by atoms with Crippen LogP contribution in [0.5, 0.6) is 0 Å². The Kier molecular flexibility index (Phi) is 5.03. The van der Waals surface area contributed by atoms with Crippen LogP contribution in [-0.4, -0.2) is 0 Å². The molecule has 0 aromatic heterocycles. The molecule has 2 unspecified atom stereocenters. The predicted octanol–water partition coefficient (Wildman–Crippen LogP) is 5.89. The standard InChI is InChI=1S/C21H32/c1-3-5-17-9-12-20-14-18-7-4-6-16(2)8-11-19(18)15-21(20)13-10-17/h14-17H,3-13H2,1-2H3. The van der Waals surface area contributed by atoms with E-state index in [1.54, 1.807) is 22.3 Å². The largest absolute Gasteiger partial charge is 0.0654 e. The molecule has 0 heterocycles. The number of benzene rings is 1. The first-order valence-corrected chi connectivity index (χ1v) is 9.39. The molecule has 0 fully saturated rings. The molecule has 1 aromatic rings. The summed E-state index contributed by atoms with van der Waals surface area (Å²) < 4.78 is 0. The Hall–Kier alpha value is -0.780. The lowest BCUT2D eigenvalue weighted by Gasteiger charge is -2.20. The number of fused-ring (bicyclic) bond motifs is 2. The lowest BCUT2D eigenvalue weighted by Crippen LogP contribution is -2.07. The van der Waals surface area contributed by atoms with Gasteiger partial charge in [0.05, 0.1) is 0 Å². The summed E-state index contributed by atoms with van der Waals surface area (Å²) in [6, 6.07) is 5.21. The topological polar surface area (TPSA) is 0 Å². The highest BCUT2D eigenvalue weighted by Crippen LogP contribution is 2.32. The molecule has 0 radical (unpaired) electrons. The quantitative estimate of drug-likeness (QED) is 0.594. The highest BCUT2D eigenvalue weighted by molar-refractivity contribution is 5.40. The van der Waals surface area contributed by atoms with E-state index in [1.165, 1.54) is 70.6 Å². The molecule has 116 valence electrons. The molecule has 0 saturated carbocycles. The number of hydrogen-bond donors (Lipinski definition) is 0. The van der Waals surface area contributed by atoms with Crippen LogP contribution in [0.3, 0.4) is 0 Å². The van der Waals surface area contributed by atoms with Gasteiger partial charge in [-0.05, 0) is 85.5 Å². The van der Waals surface area contributed by atoms with E-state index in [0.717, 1.165) is 11.8 Å². The fraction of sp³-hybridized carbons (Fsp3) is 0.714. The van der Waals surface area contributed by atoms with Crippen LogP contribution >= 0.6 is 0 Å². The molecule has 0 amide bonds. The van der Waals surface area contributed by atoms with Crippen molar-refractivity contribution < 1.29 is 0 Å². The molecule has 0 N–H and O–H groups in total. The van der Waals surface area contributed by atoms with Crippen molar-refractivity contribution in [3.63, 3.8) is 0 Å². The van der Waals surface area contributed by atoms with Crippen LogP contribution in [0.2, 0.25) is 0 Å². The Labute approximate surface area is 131 Å². The highest BCUT2D eigenvalue weighted by atomic mass is 14.2. The van der Waals surface area contributed by atoms with Crippen molar-refractivity contribution in [3.8, 4) is 0 Å². The molecule has 1 aromatic carbocycles. The first-order valence-electron chi connectivity index (χ1n) is 9.39. The smallest absolute Gasteiger partial charge is 0.0273 e. The van der Waals surface area contributed by atoms with Gasteiger partial charge in [0.2, 0.25) is 0 Å². The Balaban J connectivity index is 1.81. The van der Waals surface area contributed by atoms with Crippen molar-refractivity contribution in [1.82, 2.24) is 0 Å². The van der Waals surface area contributed by atoms with E-state index in [4.69, 9.17) is 0 Å². The van der Waals surface area contributed by atoms with E-state index in [2.05, 4.69) is 26.0 Å². The molecule has 0 heteroatoms. The summed E-state index contributed by atoms with van der Waals surface area (Å²) in [5.41, 5.74) is 6.77. The van der Waals surface area contributed by atoms with E-state index in [9.17, 15) is 0 Å². The Morgan fingerprint density at radius 1 is 0.810 bits per heavy atom. The molecule has 0 saturated heterocycles. The van der Waals surface area contributed by atoms with Gasteiger partial charge in [0.15, 0.2) is 0 Å². The highest BCUT2D eigenvalue weighted by Gasteiger charge is 2.19. The summed E-state index contributed by atoms with van der Waals surface area (Å²) in [5.74, 6) is 1.90. The molecule has 0 spiro atoms. The Bertz CT molecular complexity index is 471. The minimum absolute atomic E-state index is 0.922. The Morgan fingerprint density at radius 3 is 2.00 bits per heavy atom. The maximum absolute atomic E-state index is 2.61. The second kappa shape index (κ2) is 6.99. The van der Waals surface area contributed by atoms with Crippen molar-refractivity contribution in [2.45, 2.75) is 84.5 Å². The van der Waals surface area contributed by atoms with Crippen LogP contribution in [0, 0.1) is 11.8 Å². The third-order valence-electron chi connectivity index (χ3n) is 5.91. The van der Waals surface area contributed by atoms with Crippen LogP contribution in [0.15, 0.2) is 12.1 Å². The van der Waals surface area contributed by atoms with Crippen molar-refractivity contribution in [2.24, 2.45) is 11.8 Å². The van der Waals surface area contributed by atoms with Crippen molar-refractivity contribution in [3.05, 3.63) is 34.4 Å². The summed E-state index contributed by atoms with van der Waals surface area (Å²) >= 11 is 0. The van der Waals surface area contributed by atoms with E-state index < -0.39 is 0 Å². The molecular formula is C21H32. The van der Waals surface area contributed by atoms with Crippen LogP contribution in [0.25, 0.3) is 0 Å². The minimum Gasteiger partial charge on any atom is -0.0654 e. The average Bonchev–Trinajstić information content (AvgIpc) is 2.66. The van der Waals surface area contributed by atoms with Gasteiger partial charge in [0.1, 0.15) is 0 Å². The lowest BCUT2D eigenvalue weighted by molar-refractivity contribution is 0.427. The summed E-state index contributed by atoms with van der Waals surface area (Å²) in [7, 11) is 0. The summed E-state index contributed by atoms with van der Waals surface area (Å²) in [6.45, 7) is 4.77. The molecule has 3 rings (SSSR count). The van der Waals surface area contributed by atoms with E-state index in [-0.39, 0.29) is 0 Å². The molecule has 2 atom stereocenters. The third kappa shape index (κ3) is 3.71. The summed E-state index contributed by atoms with van der Waals surface area (Å²) in [4.78, 5) is 0. The first-order chi connectivity index (χ1) is 10.3. The normalized spacial score (nSPS) is 26.2. The molecular weight excluding hydrogens is 252 g/mol. The van der Waals surface area contributed by atoms with Crippen LogP contribution in [0.1, 0.15) is 81.0 Å².